The van der Waals surface area contributed by atoms with Crippen molar-refractivity contribution in [3.8, 4) is 0 Å². The molecule has 0 saturated heterocycles. The Balaban J connectivity index is -0.00000000500. The molecule has 0 aliphatic carbocycles. The van der Waals surface area contributed by atoms with Crippen molar-refractivity contribution in [1.82, 2.24) is 0 Å². The SMILES string of the molecule is CO.[CH2-]C.[CH3-].[CH3-].[O]=[Ti]. The molecule has 0 aromatic carbocycles. The van der Waals surface area contributed by atoms with Gasteiger partial charge in [-0.15, -0.1) is 0 Å². The minimum absolute atomic E-state index is 0. The summed E-state index contributed by atoms with van der Waals surface area (Å²) in [4.78, 5) is 0. The summed E-state index contributed by atoms with van der Waals surface area (Å²) in [6, 6.07) is 0. The van der Waals surface area contributed by atoms with Gasteiger partial charge in [0.25, 0.3) is 0 Å². The monoisotopic (exact) mass is 155 g/mol. The van der Waals surface area contributed by atoms with Crippen LogP contribution in [0.5, 0.6) is 0 Å². The Hall–Kier alpha value is 0.474. The van der Waals surface area contributed by atoms with Crippen molar-refractivity contribution >= 4 is 0 Å². The van der Waals surface area contributed by atoms with E-state index in [2.05, 4.69) is 6.92 Å². The molecule has 0 amide bonds. The topological polar surface area (TPSA) is 37.3 Å². The van der Waals surface area contributed by atoms with Gasteiger partial charge in [-0.25, -0.2) is 0 Å². The van der Waals surface area contributed by atoms with Crippen LogP contribution >= 0.6 is 0 Å². The van der Waals surface area contributed by atoms with Gasteiger partial charge < -0.3 is 26.9 Å². The second-order valence-electron chi connectivity index (χ2n) is 0. The van der Waals surface area contributed by atoms with E-state index in [0.29, 0.717) is 0 Å². The number of hydrogen-bond donors (Lipinski definition) is 1. The molecule has 2 nitrogen and oxygen atoms in total. The summed E-state index contributed by atoms with van der Waals surface area (Å²) < 4.78 is 8.25. The number of aliphatic hydroxyl groups excluding tert-OH is 1. The van der Waals surface area contributed by atoms with E-state index in [4.69, 9.17) is 8.43 Å². The average molecular weight is 155 g/mol. The molecule has 0 unspecified atom stereocenters. The average Bonchev–Trinajstić information content (AvgIpc) is 1.81. The number of rotatable bonds is 0. The van der Waals surface area contributed by atoms with Crippen LogP contribution in [-0.4, -0.2) is 12.2 Å². The quantitative estimate of drug-likeness (QED) is 0.422. The Morgan fingerprint density at radius 2 is 1.12 bits per heavy atom. The zero-order valence-electron chi connectivity index (χ0n) is 6.06. The second kappa shape index (κ2) is 1390. The molecule has 0 spiro atoms. The zero-order chi connectivity index (χ0) is 6.00. The van der Waals surface area contributed by atoms with Crippen LogP contribution in [0.25, 0.3) is 0 Å². The van der Waals surface area contributed by atoms with Crippen LogP contribution in [0.3, 0.4) is 0 Å². The van der Waals surface area contributed by atoms with Gasteiger partial charge in [-0.2, -0.15) is 6.92 Å². The van der Waals surface area contributed by atoms with Gasteiger partial charge in [-0.1, -0.05) is 0 Å². The summed E-state index contributed by atoms with van der Waals surface area (Å²) in [6.45, 7) is 5.00. The molecule has 0 rings (SSSR count). The van der Waals surface area contributed by atoms with Gasteiger partial charge >= 0.3 is 23.7 Å². The maximum absolute atomic E-state index is 8.25. The van der Waals surface area contributed by atoms with Crippen molar-refractivity contribution in [3.63, 3.8) is 0 Å². The molecule has 0 bridgehead atoms. The predicted octanol–water partition coefficient (Wildman–Crippen LogP) is 1.23. The molecular formula is C5H15O2Ti-3. The summed E-state index contributed by atoms with van der Waals surface area (Å²) in [5, 5.41) is 7.00. The Bertz CT molecular complexity index is 10.4. The van der Waals surface area contributed by atoms with Crippen molar-refractivity contribution in [1.29, 1.82) is 0 Å². The molecule has 0 aliphatic heterocycles. The zero-order valence-corrected chi connectivity index (χ0v) is 7.62. The molecule has 54 valence electrons. The predicted molar refractivity (Wildman–Crippen MR) is 32.7 cm³/mol. The molecule has 0 heterocycles. The van der Waals surface area contributed by atoms with E-state index in [1.807, 2.05) is 0 Å². The minimum atomic E-state index is 0. The van der Waals surface area contributed by atoms with Crippen LogP contribution in [0.2, 0.25) is 0 Å². The van der Waals surface area contributed by atoms with Gasteiger partial charge in [0.1, 0.15) is 0 Å². The Kier molecular flexibility index (Phi) is 6830. The molecule has 0 atom stereocenters. The van der Waals surface area contributed by atoms with Gasteiger partial charge in [0.15, 0.2) is 0 Å². The van der Waals surface area contributed by atoms with Crippen LogP contribution in [0, 0.1) is 21.8 Å². The molecule has 3 heteroatoms. The van der Waals surface area contributed by atoms with Crippen molar-refractivity contribution < 1.29 is 28.8 Å². The molecule has 0 fully saturated rings. The molecular weight excluding hydrogens is 140 g/mol. The van der Waals surface area contributed by atoms with Crippen molar-refractivity contribution in [2.45, 2.75) is 6.92 Å². The molecule has 0 radical (unpaired) electrons. The van der Waals surface area contributed by atoms with Crippen LogP contribution in [0.4, 0.5) is 0 Å². The first-order valence-electron chi connectivity index (χ1n) is 1.36. The normalized spacial score (nSPS) is 1.88. The van der Waals surface area contributed by atoms with Crippen LogP contribution < -0.4 is 0 Å². The van der Waals surface area contributed by atoms with E-state index in [1.54, 1.807) is 6.92 Å². The fraction of sp³-hybridized carbons (Fsp3) is 0.400. The Morgan fingerprint density at radius 1 is 1.12 bits per heavy atom. The van der Waals surface area contributed by atoms with Crippen LogP contribution in [0.15, 0.2) is 0 Å². The van der Waals surface area contributed by atoms with E-state index in [-0.39, 0.29) is 14.9 Å². The summed E-state index contributed by atoms with van der Waals surface area (Å²) in [6.07, 6.45) is 0. The fourth-order valence-electron chi connectivity index (χ4n) is 0. The van der Waals surface area contributed by atoms with Crippen molar-refractivity contribution in [2.75, 3.05) is 7.11 Å². The third-order valence-electron chi connectivity index (χ3n) is 0. The first-order chi connectivity index (χ1) is 3.00. The standard InChI is InChI=1S/C2H5.CH4O.2CH3.O.Ti/c2*1-2;;;;/h1H2,2H3;2H,1H3;2*1H3;;/q-1;;2*-1;;. The number of aliphatic hydroxyl groups is 1. The summed E-state index contributed by atoms with van der Waals surface area (Å²) in [5.41, 5.74) is 0. The van der Waals surface area contributed by atoms with Crippen molar-refractivity contribution in [3.05, 3.63) is 21.8 Å². The summed E-state index contributed by atoms with van der Waals surface area (Å²) in [5.74, 6) is 0. The van der Waals surface area contributed by atoms with Crippen molar-refractivity contribution in [2.24, 2.45) is 0 Å². The molecule has 0 saturated carbocycles. The van der Waals surface area contributed by atoms with E-state index < -0.39 is 0 Å². The van der Waals surface area contributed by atoms with Gasteiger partial charge in [-0.3, -0.25) is 0 Å². The van der Waals surface area contributed by atoms with Gasteiger partial charge in [0.05, 0.1) is 0 Å². The molecule has 0 aliphatic rings. The van der Waals surface area contributed by atoms with Gasteiger partial charge in [0.2, 0.25) is 0 Å². The fourth-order valence-corrected chi connectivity index (χ4v) is 0. The van der Waals surface area contributed by atoms with E-state index in [0.717, 1.165) is 27.5 Å². The van der Waals surface area contributed by atoms with E-state index in [1.165, 1.54) is 0 Å². The molecule has 0 aromatic rings. The molecule has 0 aromatic heterocycles. The Morgan fingerprint density at radius 3 is 1.12 bits per heavy atom. The third kappa shape index (κ3) is 863. The first-order valence-corrected chi connectivity index (χ1v) is 2.00. The van der Waals surface area contributed by atoms with Crippen LogP contribution in [-0.2, 0) is 23.7 Å². The third-order valence-corrected chi connectivity index (χ3v) is 0. The van der Waals surface area contributed by atoms with E-state index >= 15 is 0 Å². The second-order valence-corrected chi connectivity index (χ2v) is 0. The van der Waals surface area contributed by atoms with Gasteiger partial charge in [0, 0.05) is 7.11 Å². The first kappa shape index (κ1) is 39.2. The van der Waals surface area contributed by atoms with Crippen LogP contribution in [0.1, 0.15) is 6.92 Å². The maximum atomic E-state index is 8.25. The summed E-state index contributed by atoms with van der Waals surface area (Å²) >= 11 is 0.750. The van der Waals surface area contributed by atoms with Gasteiger partial charge in [-0.05, 0) is 0 Å². The molecule has 1 N–H and O–H groups in total. The van der Waals surface area contributed by atoms with E-state index in [9.17, 15) is 0 Å². The number of hydrogen-bond acceptors (Lipinski definition) is 2. The molecule has 8 heavy (non-hydrogen) atoms. The summed E-state index contributed by atoms with van der Waals surface area (Å²) in [7, 11) is 1.00. The Labute approximate surface area is 65.0 Å².